The minimum atomic E-state index is -0.608. The van der Waals surface area contributed by atoms with E-state index < -0.39 is 6.10 Å². The zero-order valence-electron chi connectivity index (χ0n) is 13.9. The number of carbonyl (C=O) groups is 1. The van der Waals surface area contributed by atoms with Crippen molar-refractivity contribution in [1.29, 1.82) is 0 Å². The zero-order valence-corrected chi connectivity index (χ0v) is 13.9. The van der Waals surface area contributed by atoms with Gasteiger partial charge in [0.25, 0.3) is 0 Å². The molecule has 2 aromatic rings. The quantitative estimate of drug-likeness (QED) is 0.793. The van der Waals surface area contributed by atoms with Gasteiger partial charge in [-0.05, 0) is 37.5 Å². The van der Waals surface area contributed by atoms with Crippen LogP contribution in [0.25, 0.3) is 0 Å². The molecule has 0 aliphatic heterocycles. The van der Waals surface area contributed by atoms with E-state index in [0.29, 0.717) is 6.42 Å². The first-order chi connectivity index (χ1) is 11.0. The molecular formula is C19H24N2O2. The van der Waals surface area contributed by atoms with Gasteiger partial charge in [0.2, 0.25) is 0 Å². The van der Waals surface area contributed by atoms with Crippen LogP contribution in [0.2, 0.25) is 0 Å². The lowest BCUT2D eigenvalue weighted by atomic mass is 10.1. The Bertz CT molecular complexity index is 645. The van der Waals surface area contributed by atoms with Crippen molar-refractivity contribution >= 4 is 11.7 Å². The van der Waals surface area contributed by atoms with Crippen molar-refractivity contribution in [3.8, 4) is 0 Å². The fraction of sp³-hybridized carbons (Fsp3) is 0.316. The van der Waals surface area contributed by atoms with E-state index in [0.717, 1.165) is 22.4 Å². The van der Waals surface area contributed by atoms with Crippen molar-refractivity contribution in [2.45, 2.75) is 33.3 Å². The summed E-state index contributed by atoms with van der Waals surface area (Å²) in [5, 5.41) is 15.6. The summed E-state index contributed by atoms with van der Waals surface area (Å²) >= 11 is 0. The van der Waals surface area contributed by atoms with E-state index in [4.69, 9.17) is 0 Å². The predicted molar refractivity (Wildman–Crippen MR) is 93.8 cm³/mol. The second kappa shape index (κ2) is 7.79. The van der Waals surface area contributed by atoms with Crippen LogP contribution in [-0.2, 0) is 6.42 Å². The molecule has 0 radical (unpaired) electrons. The Morgan fingerprint density at radius 1 is 1.09 bits per heavy atom. The summed E-state index contributed by atoms with van der Waals surface area (Å²) in [4.78, 5) is 12.0. The van der Waals surface area contributed by atoms with E-state index in [1.807, 2.05) is 63.2 Å². The average Bonchev–Trinajstić information content (AvgIpc) is 2.50. The van der Waals surface area contributed by atoms with Crippen LogP contribution in [0.3, 0.4) is 0 Å². The molecule has 0 fully saturated rings. The third-order valence-electron chi connectivity index (χ3n) is 3.73. The van der Waals surface area contributed by atoms with E-state index in [1.54, 1.807) is 0 Å². The fourth-order valence-electron chi connectivity index (χ4n) is 2.70. The van der Waals surface area contributed by atoms with Gasteiger partial charge in [0.1, 0.15) is 0 Å². The molecule has 0 saturated carbocycles. The molecular weight excluding hydrogens is 288 g/mol. The van der Waals surface area contributed by atoms with Gasteiger partial charge in [-0.2, -0.15) is 0 Å². The molecule has 0 heterocycles. The number of amides is 2. The Labute approximate surface area is 137 Å². The maximum Gasteiger partial charge on any atom is 0.319 e. The molecule has 0 bridgehead atoms. The fourth-order valence-corrected chi connectivity index (χ4v) is 2.70. The minimum absolute atomic E-state index is 0.213. The number of hydrogen-bond donors (Lipinski definition) is 3. The van der Waals surface area contributed by atoms with Crippen LogP contribution >= 0.6 is 0 Å². The second-order valence-corrected chi connectivity index (χ2v) is 5.95. The number of hydrogen-bond acceptors (Lipinski definition) is 2. The van der Waals surface area contributed by atoms with Crippen LogP contribution in [0.5, 0.6) is 0 Å². The van der Waals surface area contributed by atoms with Gasteiger partial charge in [-0.25, -0.2) is 4.79 Å². The molecule has 0 saturated heterocycles. The summed E-state index contributed by atoms with van der Waals surface area (Å²) < 4.78 is 0. The van der Waals surface area contributed by atoms with Crippen LogP contribution in [0.1, 0.15) is 22.3 Å². The van der Waals surface area contributed by atoms with E-state index in [2.05, 4.69) is 10.6 Å². The Morgan fingerprint density at radius 3 is 2.30 bits per heavy atom. The summed E-state index contributed by atoms with van der Waals surface area (Å²) in [5.74, 6) is 0. The Kier molecular flexibility index (Phi) is 5.77. The average molecular weight is 312 g/mol. The SMILES string of the molecule is Cc1cc(C)c(NC(=O)NCC(O)Cc2ccccc2)c(C)c1. The van der Waals surface area contributed by atoms with Crippen molar-refractivity contribution in [2.75, 3.05) is 11.9 Å². The highest BCUT2D eigenvalue weighted by Gasteiger charge is 2.10. The molecule has 0 spiro atoms. The molecule has 4 heteroatoms. The first-order valence-electron chi connectivity index (χ1n) is 7.80. The van der Waals surface area contributed by atoms with Crippen molar-refractivity contribution in [3.05, 3.63) is 64.7 Å². The first-order valence-corrected chi connectivity index (χ1v) is 7.80. The zero-order chi connectivity index (χ0) is 16.8. The lowest BCUT2D eigenvalue weighted by molar-refractivity contribution is 0.172. The first kappa shape index (κ1) is 17.0. The third kappa shape index (κ3) is 5.11. The Morgan fingerprint density at radius 2 is 1.70 bits per heavy atom. The van der Waals surface area contributed by atoms with Crippen LogP contribution in [0.4, 0.5) is 10.5 Å². The van der Waals surface area contributed by atoms with Gasteiger partial charge in [-0.15, -0.1) is 0 Å². The molecule has 2 aromatic carbocycles. The van der Waals surface area contributed by atoms with Crippen molar-refractivity contribution in [1.82, 2.24) is 5.32 Å². The van der Waals surface area contributed by atoms with E-state index in [-0.39, 0.29) is 12.6 Å². The van der Waals surface area contributed by atoms with Crippen LogP contribution in [-0.4, -0.2) is 23.8 Å². The van der Waals surface area contributed by atoms with Crippen LogP contribution in [0, 0.1) is 20.8 Å². The number of aliphatic hydroxyl groups excluding tert-OH is 1. The molecule has 1 atom stereocenters. The number of benzene rings is 2. The lowest BCUT2D eigenvalue weighted by Crippen LogP contribution is -2.36. The van der Waals surface area contributed by atoms with Crippen molar-refractivity contribution in [3.63, 3.8) is 0 Å². The number of carbonyl (C=O) groups excluding carboxylic acids is 1. The molecule has 2 rings (SSSR count). The summed E-state index contributed by atoms with van der Waals surface area (Å²) in [7, 11) is 0. The summed E-state index contributed by atoms with van der Waals surface area (Å²) in [6.45, 7) is 6.19. The van der Waals surface area contributed by atoms with Gasteiger partial charge >= 0.3 is 6.03 Å². The molecule has 1 unspecified atom stereocenters. The summed E-state index contributed by atoms with van der Waals surface area (Å²) in [5.41, 5.74) is 5.10. The largest absolute Gasteiger partial charge is 0.391 e. The minimum Gasteiger partial charge on any atom is -0.391 e. The monoisotopic (exact) mass is 312 g/mol. The Hall–Kier alpha value is -2.33. The lowest BCUT2D eigenvalue weighted by Gasteiger charge is -2.15. The number of aliphatic hydroxyl groups is 1. The van der Waals surface area contributed by atoms with Gasteiger partial charge < -0.3 is 15.7 Å². The highest BCUT2D eigenvalue weighted by molar-refractivity contribution is 5.91. The third-order valence-corrected chi connectivity index (χ3v) is 3.73. The van der Waals surface area contributed by atoms with E-state index in [9.17, 15) is 9.90 Å². The molecule has 2 amide bonds. The molecule has 0 aliphatic rings. The topological polar surface area (TPSA) is 61.4 Å². The molecule has 23 heavy (non-hydrogen) atoms. The van der Waals surface area contributed by atoms with Gasteiger partial charge in [0.05, 0.1) is 6.10 Å². The van der Waals surface area contributed by atoms with Gasteiger partial charge in [-0.3, -0.25) is 0 Å². The smallest absolute Gasteiger partial charge is 0.319 e. The van der Waals surface area contributed by atoms with Gasteiger partial charge in [0, 0.05) is 18.7 Å². The van der Waals surface area contributed by atoms with E-state index >= 15 is 0 Å². The maximum atomic E-state index is 12.0. The number of urea groups is 1. The van der Waals surface area contributed by atoms with Gasteiger partial charge in [-0.1, -0.05) is 48.0 Å². The molecule has 0 aromatic heterocycles. The van der Waals surface area contributed by atoms with Crippen molar-refractivity contribution < 1.29 is 9.90 Å². The highest BCUT2D eigenvalue weighted by Crippen LogP contribution is 2.21. The van der Waals surface area contributed by atoms with Crippen LogP contribution in [0.15, 0.2) is 42.5 Å². The summed E-state index contributed by atoms with van der Waals surface area (Å²) in [6.07, 6.45) is -0.0904. The van der Waals surface area contributed by atoms with Crippen molar-refractivity contribution in [2.24, 2.45) is 0 Å². The van der Waals surface area contributed by atoms with Crippen LogP contribution < -0.4 is 10.6 Å². The standard InChI is InChI=1S/C19H24N2O2/c1-13-9-14(2)18(15(3)10-13)21-19(23)20-12-17(22)11-16-7-5-4-6-8-16/h4-10,17,22H,11-12H2,1-3H3,(H2,20,21,23). The normalized spacial score (nSPS) is 11.8. The highest BCUT2D eigenvalue weighted by atomic mass is 16.3. The number of aryl methyl sites for hydroxylation is 3. The Balaban J connectivity index is 1.86. The maximum absolute atomic E-state index is 12.0. The molecule has 0 aliphatic carbocycles. The number of rotatable bonds is 5. The molecule has 122 valence electrons. The number of nitrogens with one attached hydrogen (secondary N) is 2. The second-order valence-electron chi connectivity index (χ2n) is 5.95. The van der Waals surface area contributed by atoms with Gasteiger partial charge in [0.15, 0.2) is 0 Å². The molecule has 3 N–H and O–H groups in total. The van der Waals surface area contributed by atoms with E-state index in [1.165, 1.54) is 5.56 Å². The summed E-state index contributed by atoms with van der Waals surface area (Å²) in [6, 6.07) is 13.5. The molecule has 4 nitrogen and oxygen atoms in total. The number of anilines is 1. The predicted octanol–water partition coefficient (Wildman–Crippen LogP) is 3.34.